The van der Waals surface area contributed by atoms with Crippen LogP contribution in [0.4, 0.5) is 0 Å². The quantitative estimate of drug-likeness (QED) is 0.777. The van der Waals surface area contributed by atoms with Crippen LogP contribution in [0.15, 0.2) is 17.1 Å². The Balaban J connectivity index is 2.72. The number of carbonyl (C=O) groups is 1. The van der Waals surface area contributed by atoms with Gasteiger partial charge in [0.25, 0.3) is 0 Å². The molecule has 0 aliphatic rings. The molecule has 0 saturated heterocycles. The molecular weight excluding hydrogens is 208 g/mol. The molecule has 0 bridgehead atoms. The lowest BCUT2D eigenvalue weighted by atomic mass is 10.3. The van der Waals surface area contributed by atoms with E-state index in [0.29, 0.717) is 25.2 Å². The highest BCUT2D eigenvalue weighted by atomic mass is 16.3. The molecule has 1 heterocycles. The topological polar surface area (TPSA) is 71.3 Å². The largest absolute Gasteiger partial charge is 0.503 e. The molecule has 0 saturated carbocycles. The minimum absolute atomic E-state index is 0.0416. The molecule has 0 fully saturated rings. The highest BCUT2D eigenvalue weighted by molar-refractivity contribution is 5.75. The number of hydrogen-bond donors (Lipinski definition) is 2. The lowest BCUT2D eigenvalue weighted by Gasteiger charge is -2.10. The summed E-state index contributed by atoms with van der Waals surface area (Å²) in [7, 11) is 0. The van der Waals surface area contributed by atoms with Gasteiger partial charge in [0.1, 0.15) is 0 Å². The van der Waals surface area contributed by atoms with Crippen LogP contribution in [-0.4, -0.2) is 22.1 Å². The van der Waals surface area contributed by atoms with E-state index < -0.39 is 5.43 Å². The zero-order chi connectivity index (χ0) is 12.1. The van der Waals surface area contributed by atoms with E-state index in [-0.39, 0.29) is 11.7 Å². The first-order chi connectivity index (χ1) is 7.56. The molecule has 0 radical (unpaired) electrons. The van der Waals surface area contributed by atoms with Crippen molar-refractivity contribution < 1.29 is 9.90 Å². The lowest BCUT2D eigenvalue weighted by molar-refractivity contribution is -0.121. The predicted octanol–water partition coefficient (Wildman–Crippen LogP) is 0.389. The van der Waals surface area contributed by atoms with E-state index >= 15 is 0 Å². The molecule has 1 amide bonds. The highest BCUT2D eigenvalue weighted by Crippen LogP contribution is 2.09. The predicted molar refractivity (Wildman–Crippen MR) is 60.4 cm³/mol. The zero-order valence-corrected chi connectivity index (χ0v) is 9.49. The number of aromatic hydroxyl groups is 1. The van der Waals surface area contributed by atoms with Crippen molar-refractivity contribution in [1.29, 1.82) is 0 Å². The molecular formula is C11H16N2O3. The third kappa shape index (κ3) is 2.85. The Morgan fingerprint density at radius 2 is 2.25 bits per heavy atom. The molecule has 5 nitrogen and oxygen atoms in total. The summed E-state index contributed by atoms with van der Waals surface area (Å²) in [4.78, 5) is 22.3. The summed E-state index contributed by atoms with van der Waals surface area (Å²) in [5, 5.41) is 12.1. The summed E-state index contributed by atoms with van der Waals surface area (Å²) >= 11 is 0. The van der Waals surface area contributed by atoms with Crippen LogP contribution in [0.5, 0.6) is 5.75 Å². The second-order valence-electron chi connectivity index (χ2n) is 3.51. The van der Waals surface area contributed by atoms with Crippen molar-refractivity contribution in [3.63, 3.8) is 0 Å². The zero-order valence-electron chi connectivity index (χ0n) is 9.49. The van der Waals surface area contributed by atoms with E-state index in [1.54, 1.807) is 17.7 Å². The van der Waals surface area contributed by atoms with Gasteiger partial charge in [-0.3, -0.25) is 9.59 Å². The molecule has 0 aliphatic heterocycles. The average Bonchev–Trinajstić information content (AvgIpc) is 2.25. The maximum atomic E-state index is 11.2. The van der Waals surface area contributed by atoms with Gasteiger partial charge in [-0.2, -0.15) is 0 Å². The number of aryl methyl sites for hydroxylation is 1. The first-order valence-electron chi connectivity index (χ1n) is 5.22. The van der Waals surface area contributed by atoms with Gasteiger partial charge in [0.2, 0.25) is 11.3 Å². The normalized spacial score (nSPS) is 10.1. The van der Waals surface area contributed by atoms with Crippen molar-refractivity contribution in [2.24, 2.45) is 0 Å². The lowest BCUT2D eigenvalue weighted by Crippen LogP contribution is -2.24. The highest BCUT2D eigenvalue weighted by Gasteiger charge is 2.06. The Kier molecular flexibility index (Phi) is 4.10. The van der Waals surface area contributed by atoms with Gasteiger partial charge in [-0.1, -0.05) is 0 Å². The summed E-state index contributed by atoms with van der Waals surface area (Å²) in [6.45, 7) is 4.56. The number of pyridine rings is 1. The molecule has 16 heavy (non-hydrogen) atoms. The van der Waals surface area contributed by atoms with Crippen molar-refractivity contribution in [3.05, 3.63) is 28.2 Å². The Morgan fingerprint density at radius 3 is 2.88 bits per heavy atom. The van der Waals surface area contributed by atoms with E-state index in [1.807, 2.05) is 6.92 Å². The Bertz CT molecular complexity index is 437. The first kappa shape index (κ1) is 12.3. The number of carbonyl (C=O) groups excluding carboxylic acids is 1. The third-order valence-electron chi connectivity index (χ3n) is 2.37. The van der Waals surface area contributed by atoms with Crippen LogP contribution < -0.4 is 10.7 Å². The summed E-state index contributed by atoms with van der Waals surface area (Å²) in [6.07, 6.45) is 1.91. The summed E-state index contributed by atoms with van der Waals surface area (Å²) < 4.78 is 1.69. The Hall–Kier alpha value is -1.78. The fourth-order valence-electron chi connectivity index (χ4n) is 1.41. The third-order valence-corrected chi connectivity index (χ3v) is 2.37. The van der Waals surface area contributed by atoms with Gasteiger partial charge in [0.05, 0.1) is 5.69 Å². The molecule has 0 aliphatic carbocycles. The molecule has 1 aromatic heterocycles. The van der Waals surface area contributed by atoms with E-state index in [9.17, 15) is 14.7 Å². The van der Waals surface area contributed by atoms with Crippen molar-refractivity contribution in [1.82, 2.24) is 9.88 Å². The smallest absolute Gasteiger partial charge is 0.223 e. The molecule has 88 valence electrons. The van der Waals surface area contributed by atoms with Gasteiger partial charge in [0.15, 0.2) is 5.75 Å². The van der Waals surface area contributed by atoms with E-state index in [2.05, 4.69) is 5.32 Å². The minimum Gasteiger partial charge on any atom is -0.503 e. The molecule has 0 atom stereocenters. The fourth-order valence-corrected chi connectivity index (χ4v) is 1.41. The molecule has 0 unspecified atom stereocenters. The average molecular weight is 224 g/mol. The van der Waals surface area contributed by atoms with Gasteiger partial charge < -0.3 is 15.0 Å². The van der Waals surface area contributed by atoms with Gasteiger partial charge in [-0.05, 0) is 13.8 Å². The molecule has 5 heteroatoms. The maximum absolute atomic E-state index is 11.2. The van der Waals surface area contributed by atoms with E-state index in [1.165, 1.54) is 6.07 Å². The van der Waals surface area contributed by atoms with Gasteiger partial charge >= 0.3 is 0 Å². The summed E-state index contributed by atoms with van der Waals surface area (Å²) in [6, 6.07) is 1.29. The summed E-state index contributed by atoms with van der Waals surface area (Å²) in [5.74, 6) is -0.293. The van der Waals surface area contributed by atoms with Crippen LogP contribution in [0.1, 0.15) is 19.0 Å². The minimum atomic E-state index is -0.397. The number of aromatic nitrogens is 1. The second kappa shape index (κ2) is 5.34. The van der Waals surface area contributed by atoms with E-state index in [4.69, 9.17) is 0 Å². The van der Waals surface area contributed by atoms with Crippen molar-refractivity contribution >= 4 is 5.91 Å². The van der Waals surface area contributed by atoms with Gasteiger partial charge in [-0.25, -0.2) is 0 Å². The van der Waals surface area contributed by atoms with Crippen molar-refractivity contribution in [2.75, 3.05) is 6.54 Å². The molecule has 1 rings (SSSR count). The second-order valence-corrected chi connectivity index (χ2v) is 3.51. The molecule has 2 N–H and O–H groups in total. The standard InChI is InChI=1S/C11H16N2O3/c1-3-12-10(15)5-7-13-6-4-9(14)11(16)8(13)2/h4,6,16H,3,5,7H2,1-2H3,(H,12,15). The van der Waals surface area contributed by atoms with Crippen LogP contribution in [0, 0.1) is 6.92 Å². The van der Waals surface area contributed by atoms with Gasteiger partial charge in [-0.15, -0.1) is 0 Å². The van der Waals surface area contributed by atoms with Crippen LogP contribution in [0.25, 0.3) is 0 Å². The number of hydrogen-bond acceptors (Lipinski definition) is 3. The molecule has 1 aromatic rings. The maximum Gasteiger partial charge on any atom is 0.223 e. The Morgan fingerprint density at radius 1 is 1.56 bits per heavy atom. The number of amides is 1. The van der Waals surface area contributed by atoms with Crippen LogP contribution >= 0.6 is 0 Å². The van der Waals surface area contributed by atoms with Crippen LogP contribution in [0.2, 0.25) is 0 Å². The monoisotopic (exact) mass is 224 g/mol. The van der Waals surface area contributed by atoms with Crippen molar-refractivity contribution in [2.45, 2.75) is 26.8 Å². The SMILES string of the molecule is CCNC(=O)CCn1ccc(=O)c(O)c1C. The molecule has 0 aromatic carbocycles. The van der Waals surface area contributed by atoms with Crippen LogP contribution in [0.3, 0.4) is 0 Å². The number of rotatable bonds is 4. The number of nitrogens with one attached hydrogen (secondary N) is 1. The van der Waals surface area contributed by atoms with Crippen LogP contribution in [-0.2, 0) is 11.3 Å². The van der Waals surface area contributed by atoms with Crippen molar-refractivity contribution in [3.8, 4) is 5.75 Å². The van der Waals surface area contributed by atoms with Gasteiger partial charge in [0, 0.05) is 31.8 Å². The first-order valence-corrected chi connectivity index (χ1v) is 5.22. The van der Waals surface area contributed by atoms with E-state index in [0.717, 1.165) is 0 Å². The Labute approximate surface area is 93.7 Å². The summed E-state index contributed by atoms with van der Waals surface area (Å²) in [5.41, 5.74) is 0.0866. The number of nitrogens with zero attached hydrogens (tertiary/aromatic N) is 1. The molecule has 0 spiro atoms. The fraction of sp³-hybridized carbons (Fsp3) is 0.455.